The van der Waals surface area contributed by atoms with Crippen LogP contribution in [0, 0.1) is 0 Å². The van der Waals surface area contributed by atoms with E-state index < -0.39 is 0 Å². The molecule has 0 radical (unpaired) electrons. The van der Waals surface area contributed by atoms with Crippen molar-refractivity contribution in [3.05, 3.63) is 182 Å². The van der Waals surface area contributed by atoms with Crippen molar-refractivity contribution in [3.8, 4) is 67.0 Å². The first-order valence-electron chi connectivity index (χ1n) is 18.5. The molecular formula is C50H30N4S2. The Bertz CT molecular complexity index is 3120. The molecule has 0 aliphatic rings. The summed E-state index contributed by atoms with van der Waals surface area (Å²) in [6.45, 7) is 0. The monoisotopic (exact) mass is 750 g/mol. The van der Waals surface area contributed by atoms with Crippen LogP contribution in [0.25, 0.3) is 108 Å². The number of thiophene rings is 1. The van der Waals surface area contributed by atoms with Gasteiger partial charge in [-0.1, -0.05) is 164 Å². The molecule has 0 N–H and O–H groups in total. The van der Waals surface area contributed by atoms with Crippen molar-refractivity contribution in [1.29, 1.82) is 0 Å². The summed E-state index contributed by atoms with van der Waals surface area (Å²) in [6.07, 6.45) is 0. The van der Waals surface area contributed by atoms with Crippen LogP contribution < -0.4 is 0 Å². The van der Waals surface area contributed by atoms with Crippen molar-refractivity contribution in [1.82, 2.24) is 19.9 Å². The molecule has 0 aliphatic heterocycles. The van der Waals surface area contributed by atoms with E-state index in [4.69, 9.17) is 19.9 Å². The molecule has 4 nitrogen and oxygen atoms in total. The van der Waals surface area contributed by atoms with Gasteiger partial charge in [-0.15, -0.1) is 22.7 Å². The SMILES string of the molecule is c1ccc(-c2ccc(-c3nc(-c4ccc(-c5ccccc5)cc4)nc(-c4c5sc(-c6ccc7ccccc7c6)nc5cc5sc6ccccc6c45)n3)cc2)cc1. The van der Waals surface area contributed by atoms with E-state index in [9.17, 15) is 0 Å². The number of nitrogens with zero attached hydrogens (tertiary/aromatic N) is 4. The largest absolute Gasteiger partial charge is 0.236 e. The van der Waals surface area contributed by atoms with E-state index in [-0.39, 0.29) is 0 Å². The Kier molecular flexibility index (Phi) is 7.83. The predicted octanol–water partition coefficient (Wildman–Crippen LogP) is 14.0. The molecule has 6 heteroatoms. The highest BCUT2D eigenvalue weighted by atomic mass is 32.1. The molecule has 3 aromatic heterocycles. The standard InChI is InChI=1S/C50H30N4S2/c1-3-11-31(12-4-1)34-19-24-36(25-20-34)47-52-48(37-26-21-35(22-27-37)32-13-5-2-6-14-32)54-49(53-47)45-44-40-17-9-10-18-42(40)55-43(44)30-41-46(45)56-50(51-41)39-28-23-33-15-7-8-16-38(33)29-39/h1-30H. The lowest BCUT2D eigenvalue weighted by Crippen LogP contribution is -2.00. The van der Waals surface area contributed by atoms with Crippen LogP contribution in [-0.4, -0.2) is 19.9 Å². The molecule has 3 heterocycles. The van der Waals surface area contributed by atoms with Gasteiger partial charge in [0.2, 0.25) is 0 Å². The molecule has 11 aromatic rings. The summed E-state index contributed by atoms with van der Waals surface area (Å²) < 4.78 is 3.44. The molecule has 0 fully saturated rings. The molecule has 11 rings (SSSR count). The highest BCUT2D eigenvalue weighted by Crippen LogP contribution is 2.47. The Morgan fingerprint density at radius 3 is 1.52 bits per heavy atom. The maximum absolute atomic E-state index is 5.34. The Morgan fingerprint density at radius 1 is 0.339 bits per heavy atom. The highest BCUT2D eigenvalue weighted by molar-refractivity contribution is 7.26. The zero-order valence-electron chi connectivity index (χ0n) is 29.9. The summed E-state index contributed by atoms with van der Waals surface area (Å²) in [7, 11) is 0. The maximum atomic E-state index is 5.34. The molecule has 0 amide bonds. The Balaban J connectivity index is 1.14. The van der Waals surface area contributed by atoms with E-state index in [1.54, 1.807) is 22.7 Å². The highest BCUT2D eigenvalue weighted by Gasteiger charge is 2.23. The summed E-state index contributed by atoms with van der Waals surface area (Å²) >= 11 is 3.49. The minimum Gasteiger partial charge on any atom is -0.236 e. The number of hydrogen-bond donors (Lipinski definition) is 0. The van der Waals surface area contributed by atoms with Gasteiger partial charge < -0.3 is 0 Å². The molecule has 0 saturated carbocycles. The van der Waals surface area contributed by atoms with Crippen LogP contribution in [0.5, 0.6) is 0 Å². The quantitative estimate of drug-likeness (QED) is 0.170. The number of thiazole rings is 1. The van der Waals surface area contributed by atoms with Crippen molar-refractivity contribution in [3.63, 3.8) is 0 Å². The molecule has 0 saturated heterocycles. The second-order valence-electron chi connectivity index (χ2n) is 13.8. The summed E-state index contributed by atoms with van der Waals surface area (Å²) in [5.74, 6) is 1.89. The molecular weight excluding hydrogens is 721 g/mol. The number of aromatic nitrogens is 4. The third-order valence-electron chi connectivity index (χ3n) is 10.4. The lowest BCUT2D eigenvalue weighted by molar-refractivity contribution is 1.08. The van der Waals surface area contributed by atoms with Crippen LogP contribution in [-0.2, 0) is 0 Å². The second-order valence-corrected chi connectivity index (χ2v) is 15.9. The van der Waals surface area contributed by atoms with Gasteiger partial charge in [0.15, 0.2) is 17.5 Å². The van der Waals surface area contributed by atoms with Crippen LogP contribution in [0.2, 0.25) is 0 Å². The van der Waals surface area contributed by atoms with E-state index in [0.29, 0.717) is 17.5 Å². The van der Waals surface area contributed by atoms with Gasteiger partial charge >= 0.3 is 0 Å². The van der Waals surface area contributed by atoms with Gasteiger partial charge in [-0.25, -0.2) is 19.9 Å². The molecule has 0 atom stereocenters. The fourth-order valence-corrected chi connectivity index (χ4v) is 9.80. The smallest absolute Gasteiger partial charge is 0.166 e. The Labute approximate surface area is 331 Å². The molecule has 8 aromatic carbocycles. The van der Waals surface area contributed by atoms with Gasteiger partial charge in [0.1, 0.15) is 5.01 Å². The van der Waals surface area contributed by atoms with Gasteiger partial charge in [0, 0.05) is 42.4 Å². The van der Waals surface area contributed by atoms with Gasteiger partial charge in [-0.3, -0.25) is 0 Å². The summed E-state index contributed by atoms with van der Waals surface area (Å²) in [5, 5.41) is 5.71. The third-order valence-corrected chi connectivity index (χ3v) is 12.6. The van der Waals surface area contributed by atoms with E-state index in [1.807, 2.05) is 12.1 Å². The normalized spacial score (nSPS) is 11.6. The van der Waals surface area contributed by atoms with E-state index >= 15 is 0 Å². The van der Waals surface area contributed by atoms with E-state index in [1.165, 1.54) is 32.0 Å². The average Bonchev–Trinajstić information content (AvgIpc) is 3.87. The van der Waals surface area contributed by atoms with Gasteiger partial charge in [-0.05, 0) is 51.2 Å². The zero-order valence-corrected chi connectivity index (χ0v) is 31.6. The van der Waals surface area contributed by atoms with Crippen molar-refractivity contribution >= 4 is 63.8 Å². The average molecular weight is 751 g/mol. The lowest BCUT2D eigenvalue weighted by atomic mass is 10.0. The van der Waals surface area contributed by atoms with Crippen LogP contribution in [0.1, 0.15) is 0 Å². The summed E-state index contributed by atoms with van der Waals surface area (Å²) in [6, 6.07) is 63.8. The molecule has 262 valence electrons. The van der Waals surface area contributed by atoms with Crippen LogP contribution >= 0.6 is 22.7 Å². The molecule has 0 spiro atoms. The minimum absolute atomic E-state index is 0.626. The Hall–Kier alpha value is -6.86. The van der Waals surface area contributed by atoms with Crippen molar-refractivity contribution < 1.29 is 0 Å². The first-order chi connectivity index (χ1) is 27.7. The van der Waals surface area contributed by atoms with Crippen LogP contribution in [0.4, 0.5) is 0 Å². The Morgan fingerprint density at radius 2 is 0.857 bits per heavy atom. The van der Waals surface area contributed by atoms with Gasteiger partial charge in [-0.2, -0.15) is 0 Å². The molecule has 0 bridgehead atoms. The number of benzene rings is 8. The van der Waals surface area contributed by atoms with E-state index in [2.05, 4.69) is 170 Å². The molecule has 0 unspecified atom stereocenters. The number of rotatable bonds is 6. The fourth-order valence-electron chi connectivity index (χ4n) is 7.56. The fraction of sp³-hybridized carbons (Fsp3) is 0. The topological polar surface area (TPSA) is 51.6 Å². The maximum Gasteiger partial charge on any atom is 0.166 e. The minimum atomic E-state index is 0.626. The van der Waals surface area contributed by atoms with Crippen LogP contribution in [0.3, 0.4) is 0 Å². The first kappa shape index (κ1) is 32.6. The number of hydrogen-bond acceptors (Lipinski definition) is 6. The van der Waals surface area contributed by atoms with Crippen molar-refractivity contribution in [2.45, 2.75) is 0 Å². The predicted molar refractivity (Wildman–Crippen MR) is 236 cm³/mol. The third kappa shape index (κ3) is 5.75. The molecule has 56 heavy (non-hydrogen) atoms. The molecule has 0 aliphatic carbocycles. The first-order valence-corrected chi connectivity index (χ1v) is 20.2. The number of fused-ring (bicyclic) bond motifs is 5. The second kappa shape index (κ2) is 13.5. The van der Waals surface area contributed by atoms with Crippen molar-refractivity contribution in [2.75, 3.05) is 0 Å². The summed E-state index contributed by atoms with van der Waals surface area (Å²) in [5.41, 5.74) is 9.50. The zero-order chi connectivity index (χ0) is 37.0. The van der Waals surface area contributed by atoms with Gasteiger partial charge in [0.25, 0.3) is 0 Å². The van der Waals surface area contributed by atoms with Gasteiger partial charge in [0.05, 0.1) is 10.2 Å². The van der Waals surface area contributed by atoms with E-state index in [0.717, 1.165) is 58.7 Å². The van der Waals surface area contributed by atoms with Crippen LogP contribution in [0.15, 0.2) is 182 Å². The summed E-state index contributed by atoms with van der Waals surface area (Å²) in [4.78, 5) is 21.1. The van der Waals surface area contributed by atoms with Crippen molar-refractivity contribution in [2.24, 2.45) is 0 Å². The lowest BCUT2D eigenvalue weighted by Gasteiger charge is -2.11.